The second-order valence-electron chi connectivity index (χ2n) is 3.59. The number of nitrogens with zero attached hydrogens (tertiary/aromatic N) is 3. The topological polar surface area (TPSA) is 78.2 Å². The Balaban J connectivity index is 2.40. The molecule has 0 aliphatic rings. The molecule has 1 aromatic carbocycles. The van der Waals surface area contributed by atoms with Crippen LogP contribution in [-0.4, -0.2) is 14.9 Å². The molecule has 2 aromatic rings. The quantitative estimate of drug-likeness (QED) is 0.342. The minimum atomic E-state index is -0.521. The highest BCUT2D eigenvalue weighted by atomic mass is 79.9. The first kappa shape index (κ1) is 15.0. The van der Waals surface area contributed by atoms with Crippen molar-refractivity contribution < 1.29 is 9.66 Å². The Morgan fingerprint density at radius 1 is 1.35 bits per heavy atom. The predicted molar refractivity (Wildman–Crippen MR) is 77.5 cm³/mol. The summed E-state index contributed by atoms with van der Waals surface area (Å²) in [6, 6.07) is 4.21. The maximum Gasteiger partial charge on any atom is 0.274 e. The molecule has 0 radical (unpaired) electrons. The van der Waals surface area contributed by atoms with E-state index < -0.39 is 4.92 Å². The summed E-state index contributed by atoms with van der Waals surface area (Å²) in [4.78, 5) is 18.0. The number of hydrogen-bond acceptors (Lipinski definition) is 5. The number of non-ortho nitro benzene ring substituents is 1. The number of ether oxygens (including phenoxy) is 1. The summed E-state index contributed by atoms with van der Waals surface area (Å²) in [6.07, 6.45) is 1.22. The van der Waals surface area contributed by atoms with Crippen LogP contribution in [0, 0.1) is 10.1 Å². The van der Waals surface area contributed by atoms with E-state index in [4.69, 9.17) is 27.9 Å². The van der Waals surface area contributed by atoms with Crippen LogP contribution < -0.4 is 4.74 Å². The Bertz CT molecular complexity index is 669. The lowest BCUT2D eigenvalue weighted by atomic mass is 10.3. The van der Waals surface area contributed by atoms with Gasteiger partial charge >= 0.3 is 0 Å². The van der Waals surface area contributed by atoms with Gasteiger partial charge in [0, 0.05) is 10.5 Å². The van der Waals surface area contributed by atoms with Gasteiger partial charge in [-0.3, -0.25) is 10.1 Å². The average Bonchev–Trinajstić information content (AvgIpc) is 2.38. The molecule has 0 fully saturated rings. The third-order valence-electron chi connectivity index (χ3n) is 2.27. The highest BCUT2D eigenvalue weighted by Gasteiger charge is 2.14. The van der Waals surface area contributed by atoms with Crippen molar-refractivity contribution in [3.63, 3.8) is 0 Å². The molecule has 0 unspecified atom stereocenters. The number of nitro groups is 1. The van der Waals surface area contributed by atoms with E-state index in [2.05, 4.69) is 25.9 Å². The van der Waals surface area contributed by atoms with E-state index in [1.54, 1.807) is 6.07 Å². The molecule has 0 aliphatic carbocycles. The van der Waals surface area contributed by atoms with Crippen LogP contribution in [0.1, 0.15) is 5.56 Å². The van der Waals surface area contributed by atoms with Gasteiger partial charge in [0.15, 0.2) is 0 Å². The molecule has 0 saturated carbocycles. The fourth-order valence-corrected chi connectivity index (χ4v) is 2.36. The number of benzene rings is 1. The van der Waals surface area contributed by atoms with E-state index in [1.165, 1.54) is 18.5 Å². The maximum atomic E-state index is 10.8. The van der Waals surface area contributed by atoms with Crippen LogP contribution in [0.4, 0.5) is 5.69 Å². The van der Waals surface area contributed by atoms with Gasteiger partial charge in [0.1, 0.15) is 17.2 Å². The summed E-state index contributed by atoms with van der Waals surface area (Å²) in [5, 5.41) is 11.0. The smallest absolute Gasteiger partial charge is 0.274 e. The molecule has 1 aromatic heterocycles. The third-order valence-corrected chi connectivity index (χ3v) is 3.32. The van der Waals surface area contributed by atoms with Gasteiger partial charge in [0.25, 0.3) is 5.69 Å². The lowest BCUT2D eigenvalue weighted by Gasteiger charge is -2.09. The van der Waals surface area contributed by atoms with Crippen LogP contribution in [0.5, 0.6) is 11.6 Å². The Morgan fingerprint density at radius 3 is 2.75 bits per heavy atom. The SMILES string of the molecule is O=[N+]([O-])c1cc(Br)cc(Oc2ncnc(Cl)c2CCl)c1. The predicted octanol–water partition coefficient (Wildman–Crippen LogP) is 4.33. The summed E-state index contributed by atoms with van der Waals surface area (Å²) in [5.41, 5.74) is 0.306. The van der Waals surface area contributed by atoms with Crippen LogP contribution in [0.25, 0.3) is 0 Å². The molecule has 0 saturated heterocycles. The van der Waals surface area contributed by atoms with Gasteiger partial charge in [-0.15, -0.1) is 11.6 Å². The Kier molecular flexibility index (Phi) is 4.74. The molecule has 0 spiro atoms. The van der Waals surface area contributed by atoms with E-state index in [9.17, 15) is 10.1 Å². The zero-order valence-corrected chi connectivity index (χ0v) is 12.8. The van der Waals surface area contributed by atoms with Crippen LogP contribution in [-0.2, 0) is 5.88 Å². The van der Waals surface area contributed by atoms with Gasteiger partial charge in [-0.05, 0) is 6.07 Å². The van der Waals surface area contributed by atoms with Gasteiger partial charge in [0.05, 0.1) is 22.4 Å². The molecular formula is C11H6BrCl2N3O3. The fourth-order valence-electron chi connectivity index (χ4n) is 1.40. The first-order valence-electron chi connectivity index (χ1n) is 5.19. The molecule has 20 heavy (non-hydrogen) atoms. The maximum absolute atomic E-state index is 10.8. The van der Waals surface area contributed by atoms with Gasteiger partial charge < -0.3 is 4.74 Å². The van der Waals surface area contributed by atoms with Crippen LogP contribution in [0.15, 0.2) is 29.0 Å². The normalized spacial score (nSPS) is 10.3. The fraction of sp³-hybridized carbons (Fsp3) is 0.0909. The van der Waals surface area contributed by atoms with Crippen molar-refractivity contribution in [2.75, 3.05) is 0 Å². The van der Waals surface area contributed by atoms with Gasteiger partial charge in [-0.2, -0.15) is 0 Å². The molecule has 9 heteroatoms. The summed E-state index contributed by atoms with van der Waals surface area (Å²) in [7, 11) is 0. The van der Waals surface area contributed by atoms with Crippen molar-refractivity contribution >= 4 is 44.8 Å². The van der Waals surface area contributed by atoms with Crippen molar-refractivity contribution in [2.24, 2.45) is 0 Å². The van der Waals surface area contributed by atoms with Crippen molar-refractivity contribution in [3.8, 4) is 11.6 Å². The molecule has 104 valence electrons. The second-order valence-corrected chi connectivity index (χ2v) is 5.13. The number of rotatable bonds is 4. The van der Waals surface area contributed by atoms with Crippen molar-refractivity contribution in [3.05, 3.63) is 49.8 Å². The highest BCUT2D eigenvalue weighted by molar-refractivity contribution is 9.10. The van der Waals surface area contributed by atoms with Gasteiger partial charge in [-0.25, -0.2) is 9.97 Å². The van der Waals surface area contributed by atoms with E-state index in [-0.39, 0.29) is 28.3 Å². The molecule has 0 bridgehead atoms. The number of aromatic nitrogens is 2. The summed E-state index contributed by atoms with van der Waals surface area (Å²) in [6.45, 7) is 0. The lowest BCUT2D eigenvalue weighted by Crippen LogP contribution is -1.97. The van der Waals surface area contributed by atoms with Crippen LogP contribution >= 0.6 is 39.1 Å². The van der Waals surface area contributed by atoms with E-state index >= 15 is 0 Å². The first-order chi connectivity index (χ1) is 9.51. The molecule has 2 rings (SSSR count). The second kappa shape index (κ2) is 6.34. The van der Waals surface area contributed by atoms with Gasteiger partial charge in [-0.1, -0.05) is 27.5 Å². The zero-order chi connectivity index (χ0) is 14.7. The van der Waals surface area contributed by atoms with E-state index in [0.29, 0.717) is 10.0 Å². The Morgan fingerprint density at radius 2 is 2.10 bits per heavy atom. The first-order valence-corrected chi connectivity index (χ1v) is 6.90. The standard InChI is InChI=1S/C11H6BrCl2N3O3/c12-6-1-7(17(18)19)3-8(2-6)20-11-9(4-13)10(14)15-5-16-11/h1-3,5H,4H2. The van der Waals surface area contributed by atoms with Gasteiger partial charge in [0.2, 0.25) is 5.88 Å². The average molecular weight is 379 g/mol. The van der Waals surface area contributed by atoms with E-state index in [1.807, 2.05) is 0 Å². The monoisotopic (exact) mass is 377 g/mol. The third kappa shape index (κ3) is 3.36. The summed E-state index contributed by atoms with van der Waals surface area (Å²) >= 11 is 14.8. The molecule has 0 amide bonds. The molecule has 1 heterocycles. The minimum Gasteiger partial charge on any atom is -0.438 e. The minimum absolute atomic E-state index is 0.0606. The Hall–Kier alpha value is -1.44. The Labute approximate surface area is 132 Å². The van der Waals surface area contributed by atoms with Crippen LogP contribution in [0.2, 0.25) is 5.15 Å². The summed E-state index contributed by atoms with van der Waals surface area (Å²) in [5.74, 6) is 0.463. The summed E-state index contributed by atoms with van der Waals surface area (Å²) < 4.78 is 6.01. The number of hydrogen-bond donors (Lipinski definition) is 0. The zero-order valence-electron chi connectivity index (χ0n) is 9.72. The lowest BCUT2D eigenvalue weighted by molar-refractivity contribution is -0.385. The molecule has 0 atom stereocenters. The van der Waals surface area contributed by atoms with Crippen molar-refractivity contribution in [2.45, 2.75) is 5.88 Å². The van der Waals surface area contributed by atoms with Crippen molar-refractivity contribution in [1.29, 1.82) is 0 Å². The highest BCUT2D eigenvalue weighted by Crippen LogP contribution is 2.32. The largest absolute Gasteiger partial charge is 0.438 e. The molecular weight excluding hydrogens is 373 g/mol. The van der Waals surface area contributed by atoms with E-state index in [0.717, 1.165) is 0 Å². The number of nitro benzene ring substituents is 1. The number of alkyl halides is 1. The molecule has 0 N–H and O–H groups in total. The molecule has 0 aliphatic heterocycles. The van der Waals surface area contributed by atoms with Crippen LogP contribution in [0.3, 0.4) is 0 Å². The van der Waals surface area contributed by atoms with Crippen molar-refractivity contribution in [1.82, 2.24) is 9.97 Å². The number of halogens is 3. The molecule has 6 nitrogen and oxygen atoms in total.